The van der Waals surface area contributed by atoms with Gasteiger partial charge in [-0.15, -0.1) is 6.58 Å². The molecule has 3 rings (SSSR count). The largest absolute Gasteiger partial charge is 0.449 e. The summed E-state index contributed by atoms with van der Waals surface area (Å²) in [5, 5.41) is 14.3. The molecule has 3 N–H and O–H groups in total. The van der Waals surface area contributed by atoms with Crippen LogP contribution < -0.4 is 10.6 Å². The fourth-order valence-electron chi connectivity index (χ4n) is 5.17. The Kier molecular flexibility index (Phi) is 13.2. The van der Waals surface area contributed by atoms with Crippen molar-refractivity contribution < 1.29 is 29.3 Å². The molecule has 0 spiro atoms. The van der Waals surface area contributed by atoms with Crippen LogP contribution in [0.1, 0.15) is 87.7 Å². The molecular weight excluding hydrogens is 508 g/mol. The van der Waals surface area contributed by atoms with Crippen LogP contribution in [0.25, 0.3) is 11.1 Å². The molecule has 1 aliphatic rings. The van der Waals surface area contributed by atoms with Crippen molar-refractivity contribution in [1.29, 1.82) is 0 Å². The number of benzene rings is 2. The molecule has 0 fully saturated rings. The quantitative estimate of drug-likeness (QED) is 0.0845. The molecular formula is C32H42N2O6. The molecule has 0 saturated heterocycles. The molecule has 40 heavy (non-hydrogen) atoms. The Bertz CT molecular complexity index is 1070. The summed E-state index contributed by atoms with van der Waals surface area (Å²) >= 11 is 0. The summed E-state index contributed by atoms with van der Waals surface area (Å²) in [6.45, 7) is 4.32. The van der Waals surface area contributed by atoms with Gasteiger partial charge in [-0.3, -0.25) is 9.68 Å². The van der Waals surface area contributed by atoms with E-state index in [0.29, 0.717) is 25.8 Å². The maximum atomic E-state index is 12.6. The second-order valence-corrected chi connectivity index (χ2v) is 10.2. The van der Waals surface area contributed by atoms with Crippen LogP contribution in [0.15, 0.2) is 61.2 Å². The summed E-state index contributed by atoms with van der Waals surface area (Å²) < 4.78 is 5.50. The highest BCUT2D eigenvalue weighted by Crippen LogP contribution is 2.44. The maximum Gasteiger partial charge on any atom is 0.407 e. The summed E-state index contributed by atoms with van der Waals surface area (Å²) in [7, 11) is 0. The van der Waals surface area contributed by atoms with Crippen LogP contribution in [0.2, 0.25) is 0 Å². The summed E-state index contributed by atoms with van der Waals surface area (Å²) in [6, 6.07) is 15.0. The third kappa shape index (κ3) is 9.52. The molecule has 1 atom stereocenters. The zero-order valence-electron chi connectivity index (χ0n) is 23.2. The first-order chi connectivity index (χ1) is 19.5. The highest BCUT2D eigenvalue weighted by atomic mass is 17.1. The summed E-state index contributed by atoms with van der Waals surface area (Å²) in [6.07, 6.45) is 10.8. The second kappa shape index (κ2) is 17.1. The highest BCUT2D eigenvalue weighted by molar-refractivity contribution is 5.81. The van der Waals surface area contributed by atoms with Gasteiger partial charge in [-0.25, -0.2) is 9.59 Å². The van der Waals surface area contributed by atoms with E-state index in [2.05, 4.69) is 34.2 Å². The topological polar surface area (TPSA) is 114 Å². The van der Waals surface area contributed by atoms with Gasteiger partial charge in [0.2, 0.25) is 5.91 Å². The molecule has 8 nitrogen and oxygen atoms in total. The zero-order valence-corrected chi connectivity index (χ0v) is 23.2. The Morgan fingerprint density at radius 1 is 0.875 bits per heavy atom. The molecule has 0 aromatic heterocycles. The summed E-state index contributed by atoms with van der Waals surface area (Å²) in [4.78, 5) is 40.5. The third-order valence-corrected chi connectivity index (χ3v) is 7.31. The van der Waals surface area contributed by atoms with E-state index in [1.807, 2.05) is 42.5 Å². The van der Waals surface area contributed by atoms with Crippen molar-refractivity contribution >= 4 is 18.0 Å². The predicted octanol–water partition coefficient (Wildman–Crippen LogP) is 6.50. The Morgan fingerprint density at radius 3 is 2.15 bits per heavy atom. The van der Waals surface area contributed by atoms with E-state index in [1.165, 1.54) is 19.3 Å². The van der Waals surface area contributed by atoms with Gasteiger partial charge in [0, 0.05) is 18.9 Å². The number of alkyl carbamates (subject to hydrolysis) is 1. The molecule has 0 aliphatic heterocycles. The van der Waals surface area contributed by atoms with Crippen molar-refractivity contribution in [3.05, 3.63) is 72.3 Å². The molecule has 8 heteroatoms. The van der Waals surface area contributed by atoms with Gasteiger partial charge >= 0.3 is 12.1 Å². The molecule has 0 unspecified atom stereocenters. The van der Waals surface area contributed by atoms with Gasteiger partial charge in [0.05, 0.1) is 0 Å². The molecule has 2 aromatic rings. The van der Waals surface area contributed by atoms with E-state index in [9.17, 15) is 14.4 Å². The third-order valence-electron chi connectivity index (χ3n) is 7.31. The van der Waals surface area contributed by atoms with Crippen LogP contribution in [0.3, 0.4) is 0 Å². The van der Waals surface area contributed by atoms with Gasteiger partial charge in [0.25, 0.3) is 0 Å². The number of hydrogen-bond donors (Lipinski definition) is 3. The second-order valence-electron chi connectivity index (χ2n) is 10.2. The van der Waals surface area contributed by atoms with Crippen LogP contribution in [-0.2, 0) is 19.2 Å². The van der Waals surface area contributed by atoms with Crippen molar-refractivity contribution in [2.45, 2.75) is 82.6 Å². The van der Waals surface area contributed by atoms with Crippen molar-refractivity contribution in [2.75, 3.05) is 13.2 Å². The van der Waals surface area contributed by atoms with E-state index < -0.39 is 18.1 Å². The van der Waals surface area contributed by atoms with E-state index in [1.54, 1.807) is 0 Å². The number of nitrogens with one attached hydrogen (secondary N) is 2. The van der Waals surface area contributed by atoms with E-state index in [0.717, 1.165) is 47.9 Å². The summed E-state index contributed by atoms with van der Waals surface area (Å²) in [5.74, 6) is -1.04. The normalized spacial score (nSPS) is 12.6. The average molecular weight is 551 g/mol. The average Bonchev–Trinajstić information content (AvgIpc) is 3.29. The van der Waals surface area contributed by atoms with Crippen LogP contribution >= 0.6 is 0 Å². The molecule has 0 radical (unpaired) electrons. The van der Waals surface area contributed by atoms with Crippen LogP contribution in [0.5, 0.6) is 0 Å². The van der Waals surface area contributed by atoms with Crippen molar-refractivity contribution in [2.24, 2.45) is 0 Å². The zero-order chi connectivity index (χ0) is 28.6. The first-order valence-electron chi connectivity index (χ1n) is 14.4. The molecule has 2 aromatic carbocycles. The van der Waals surface area contributed by atoms with E-state index >= 15 is 0 Å². The minimum absolute atomic E-state index is 0.0229. The number of hydrogen-bond acceptors (Lipinski definition) is 6. The smallest absolute Gasteiger partial charge is 0.407 e. The van der Waals surface area contributed by atoms with Gasteiger partial charge in [-0.1, -0.05) is 80.3 Å². The number of carbonyl (C=O) groups is 3. The van der Waals surface area contributed by atoms with Crippen molar-refractivity contribution in [3.8, 4) is 11.1 Å². The number of unbranched alkanes of at least 4 members (excludes halogenated alkanes) is 7. The van der Waals surface area contributed by atoms with Gasteiger partial charge in [0.15, 0.2) is 0 Å². The Hall–Kier alpha value is -3.65. The number of allylic oxidation sites excluding steroid dienone is 1. The van der Waals surface area contributed by atoms with Gasteiger partial charge in [0.1, 0.15) is 12.6 Å². The van der Waals surface area contributed by atoms with Gasteiger partial charge in [-0.05, 0) is 60.8 Å². The predicted molar refractivity (Wildman–Crippen MR) is 155 cm³/mol. The Morgan fingerprint density at radius 2 is 1.50 bits per heavy atom. The SMILES string of the molecule is C=CCCCCCCCCC(=O)NCCCC[C@H](NC(=O)OCC1c2ccccc2-c2ccccc21)C(=O)OO. The molecule has 216 valence electrons. The fraction of sp³-hybridized carbons (Fsp3) is 0.469. The Labute approximate surface area is 237 Å². The summed E-state index contributed by atoms with van der Waals surface area (Å²) in [5.41, 5.74) is 4.42. The Balaban J connectivity index is 1.34. The molecule has 0 bridgehead atoms. The van der Waals surface area contributed by atoms with E-state index in [4.69, 9.17) is 9.99 Å². The first kappa shape index (κ1) is 30.9. The molecule has 0 saturated carbocycles. The minimum Gasteiger partial charge on any atom is -0.449 e. The number of ether oxygens (including phenoxy) is 1. The lowest BCUT2D eigenvalue weighted by Gasteiger charge is -2.18. The number of amides is 2. The van der Waals surface area contributed by atoms with Crippen molar-refractivity contribution in [1.82, 2.24) is 10.6 Å². The monoisotopic (exact) mass is 550 g/mol. The number of carbonyl (C=O) groups excluding carboxylic acids is 3. The van der Waals surface area contributed by atoms with Gasteiger partial charge in [-0.2, -0.15) is 5.26 Å². The fourth-order valence-corrected chi connectivity index (χ4v) is 5.17. The lowest BCUT2D eigenvalue weighted by molar-refractivity contribution is -0.236. The molecule has 2 amide bonds. The van der Waals surface area contributed by atoms with Crippen LogP contribution in [0.4, 0.5) is 4.79 Å². The molecule has 0 heterocycles. The molecule has 1 aliphatic carbocycles. The number of fused-ring (bicyclic) bond motifs is 3. The van der Waals surface area contributed by atoms with Crippen molar-refractivity contribution in [3.63, 3.8) is 0 Å². The standard InChI is InChI=1S/C32H42N2O6/c1-2-3-4-5-6-7-8-9-21-30(35)33-22-15-14-20-29(31(36)40-38)34-32(37)39-23-28-26-18-12-10-16-24(26)25-17-11-13-19-27(25)28/h2,10-13,16-19,28-29,38H,1,3-9,14-15,20-23H2,(H,33,35)(H,34,37)/t29-/m0/s1. The lowest BCUT2D eigenvalue weighted by Crippen LogP contribution is -2.42. The highest BCUT2D eigenvalue weighted by Gasteiger charge is 2.30. The minimum atomic E-state index is -1.05. The van der Waals surface area contributed by atoms with Crippen LogP contribution in [-0.4, -0.2) is 42.4 Å². The maximum absolute atomic E-state index is 12.6. The van der Waals surface area contributed by atoms with Gasteiger partial charge < -0.3 is 15.4 Å². The lowest BCUT2D eigenvalue weighted by atomic mass is 9.98. The van der Waals surface area contributed by atoms with Crippen LogP contribution in [0, 0.1) is 0 Å². The first-order valence-corrected chi connectivity index (χ1v) is 14.4. The van der Waals surface area contributed by atoms with E-state index in [-0.39, 0.29) is 24.9 Å². The number of rotatable bonds is 18.